The van der Waals surface area contributed by atoms with Gasteiger partial charge in [-0.05, 0) is 64.2 Å². The first-order chi connectivity index (χ1) is 34.2. The van der Waals surface area contributed by atoms with Crippen molar-refractivity contribution in [3.8, 4) is 73.2 Å². The Hall–Kier alpha value is -9.39. The zero-order valence-corrected chi connectivity index (χ0v) is 37.0. The quantitative estimate of drug-likeness (QED) is 0.159. The summed E-state index contributed by atoms with van der Waals surface area (Å²) in [6, 6.07) is 80.3. The van der Waals surface area contributed by atoms with Gasteiger partial charge < -0.3 is 13.4 Å². The normalized spacial score (nSPS) is 11.8. The fourth-order valence-electron chi connectivity index (χ4n) is 10.3. The molecule has 322 valence electrons. The van der Waals surface area contributed by atoms with Gasteiger partial charge in [0.2, 0.25) is 0 Å². The Balaban J connectivity index is 0.976. The smallest absolute Gasteiger partial charge is 0.164 e. The van der Waals surface area contributed by atoms with E-state index in [1.807, 2.05) is 60.7 Å². The van der Waals surface area contributed by atoms with E-state index in [-0.39, 0.29) is 0 Å². The lowest BCUT2D eigenvalue weighted by Gasteiger charge is -2.12. The maximum Gasteiger partial charge on any atom is 0.164 e. The van der Waals surface area contributed by atoms with Crippen molar-refractivity contribution in [3.63, 3.8) is 0 Å². The number of aromatic nitrogens is 4. The average molecular weight is 883 g/mol. The number of benzene rings is 10. The van der Waals surface area contributed by atoms with Crippen LogP contribution in [-0.4, -0.2) is 19.5 Å². The molecule has 4 heterocycles. The lowest BCUT2D eigenvalue weighted by Crippen LogP contribution is -2.00. The van der Waals surface area contributed by atoms with Gasteiger partial charge in [0.15, 0.2) is 17.5 Å². The van der Waals surface area contributed by atoms with Crippen LogP contribution >= 0.6 is 0 Å². The summed E-state index contributed by atoms with van der Waals surface area (Å²) in [4.78, 5) is 15.5. The van der Waals surface area contributed by atoms with Gasteiger partial charge in [0, 0.05) is 60.6 Å². The molecule has 0 aliphatic heterocycles. The summed E-state index contributed by atoms with van der Waals surface area (Å²) in [5.41, 5.74) is 15.6. The van der Waals surface area contributed by atoms with E-state index in [0.29, 0.717) is 17.5 Å². The second kappa shape index (κ2) is 15.6. The van der Waals surface area contributed by atoms with Gasteiger partial charge in [-0.1, -0.05) is 188 Å². The Labute approximate surface area is 396 Å². The van der Waals surface area contributed by atoms with Gasteiger partial charge in [-0.15, -0.1) is 0 Å². The van der Waals surface area contributed by atoms with Gasteiger partial charge in [0.05, 0.1) is 16.7 Å². The fourth-order valence-corrected chi connectivity index (χ4v) is 10.3. The maximum atomic E-state index is 7.04. The summed E-state index contributed by atoms with van der Waals surface area (Å²) in [6.45, 7) is 0. The summed E-state index contributed by atoms with van der Waals surface area (Å²) in [6.07, 6.45) is 0. The molecule has 0 unspecified atom stereocenters. The molecule has 0 saturated carbocycles. The van der Waals surface area contributed by atoms with Crippen LogP contribution in [0, 0.1) is 0 Å². The first kappa shape index (κ1) is 38.8. The van der Waals surface area contributed by atoms with Gasteiger partial charge >= 0.3 is 0 Å². The van der Waals surface area contributed by atoms with Gasteiger partial charge in [-0.2, -0.15) is 0 Å². The molecule has 4 aromatic heterocycles. The molecule has 14 aromatic rings. The summed E-state index contributed by atoms with van der Waals surface area (Å²) in [5.74, 6) is 1.76. The van der Waals surface area contributed by atoms with Crippen LogP contribution < -0.4 is 0 Å². The highest BCUT2D eigenvalue weighted by molar-refractivity contribution is 6.20. The molecule has 6 nitrogen and oxygen atoms in total. The van der Waals surface area contributed by atoms with Crippen molar-refractivity contribution < 1.29 is 8.83 Å². The molecule has 0 atom stereocenters. The van der Waals surface area contributed by atoms with Crippen LogP contribution in [-0.2, 0) is 0 Å². The van der Waals surface area contributed by atoms with Crippen LogP contribution in [0.5, 0.6) is 0 Å². The molecule has 0 N–H and O–H groups in total. The standard InChI is InChI=1S/C63H38N4O2/c1-4-16-39(17-5-1)41-30-32-43(33-31-41)62-64-61(42-20-8-3-9-21-42)65-63(66-62)50-26-15-29-56-59(50)49-25-14-24-47(60(49)69-56)52-37-45(38-57-58(52)48-23-11-13-28-55(48)68-57)67-53-27-12-10-22-46(53)51-36-44(34-35-54(51)67)40-18-6-2-7-19-40/h1-38H. The van der Waals surface area contributed by atoms with Crippen LogP contribution in [0.1, 0.15) is 0 Å². The van der Waals surface area contributed by atoms with Gasteiger partial charge in [-0.3, -0.25) is 0 Å². The second-order valence-corrected chi connectivity index (χ2v) is 17.5. The Morgan fingerprint density at radius 2 is 0.812 bits per heavy atom. The Bertz CT molecular complexity index is 4290. The number of hydrogen-bond donors (Lipinski definition) is 0. The SMILES string of the molecule is c1ccc(-c2ccc(-c3nc(-c4ccccc4)nc(-c4cccc5oc6c(-c7cc(-n8c9ccccc9c9cc(-c%10ccccc%10)ccc98)cc8oc9ccccc9c78)cccc6c45)n3)cc2)cc1. The third-order valence-electron chi connectivity index (χ3n) is 13.5. The molecule has 0 bridgehead atoms. The Morgan fingerprint density at radius 3 is 1.58 bits per heavy atom. The summed E-state index contributed by atoms with van der Waals surface area (Å²) in [7, 11) is 0. The number of para-hydroxylation sites is 3. The zero-order chi connectivity index (χ0) is 45.4. The summed E-state index contributed by atoms with van der Waals surface area (Å²) in [5, 5.41) is 6.34. The van der Waals surface area contributed by atoms with Crippen LogP contribution in [0.4, 0.5) is 0 Å². The van der Waals surface area contributed by atoms with Gasteiger partial charge in [-0.25, -0.2) is 15.0 Å². The Morgan fingerprint density at radius 1 is 0.290 bits per heavy atom. The predicted molar refractivity (Wildman–Crippen MR) is 281 cm³/mol. The molecule has 0 aliphatic carbocycles. The van der Waals surface area contributed by atoms with E-state index >= 15 is 0 Å². The van der Waals surface area contributed by atoms with Crippen molar-refractivity contribution in [2.75, 3.05) is 0 Å². The number of fused-ring (bicyclic) bond motifs is 9. The van der Waals surface area contributed by atoms with E-state index in [2.05, 4.69) is 174 Å². The molecule has 0 saturated heterocycles. The molecule has 6 heteroatoms. The third-order valence-corrected chi connectivity index (χ3v) is 13.5. The molecule has 0 amide bonds. The molecule has 0 fully saturated rings. The molecule has 69 heavy (non-hydrogen) atoms. The number of furan rings is 2. The van der Waals surface area contributed by atoms with E-state index < -0.39 is 0 Å². The third kappa shape index (κ3) is 6.38. The van der Waals surface area contributed by atoms with Crippen molar-refractivity contribution in [2.24, 2.45) is 0 Å². The molecule has 14 rings (SSSR count). The molecular weight excluding hydrogens is 845 g/mol. The van der Waals surface area contributed by atoms with Crippen LogP contribution in [0.3, 0.4) is 0 Å². The lowest BCUT2D eigenvalue weighted by atomic mass is 9.96. The minimum absolute atomic E-state index is 0.566. The summed E-state index contributed by atoms with van der Waals surface area (Å²) >= 11 is 0. The van der Waals surface area contributed by atoms with Crippen molar-refractivity contribution >= 4 is 65.7 Å². The number of hydrogen-bond acceptors (Lipinski definition) is 5. The zero-order valence-electron chi connectivity index (χ0n) is 37.0. The van der Waals surface area contributed by atoms with Gasteiger partial charge in [0.1, 0.15) is 22.3 Å². The Kier molecular flexibility index (Phi) is 8.79. The minimum atomic E-state index is 0.566. The van der Waals surface area contributed by atoms with Crippen LogP contribution in [0.25, 0.3) is 139 Å². The topological polar surface area (TPSA) is 69.9 Å². The van der Waals surface area contributed by atoms with Crippen molar-refractivity contribution in [3.05, 3.63) is 231 Å². The molecule has 10 aromatic carbocycles. The van der Waals surface area contributed by atoms with E-state index in [1.54, 1.807) is 0 Å². The second-order valence-electron chi connectivity index (χ2n) is 17.5. The van der Waals surface area contributed by atoms with E-state index in [0.717, 1.165) is 99.5 Å². The van der Waals surface area contributed by atoms with Crippen molar-refractivity contribution in [1.82, 2.24) is 19.5 Å². The maximum absolute atomic E-state index is 7.04. The van der Waals surface area contributed by atoms with E-state index in [9.17, 15) is 0 Å². The number of nitrogens with zero attached hydrogens (tertiary/aromatic N) is 4. The largest absolute Gasteiger partial charge is 0.456 e. The van der Waals surface area contributed by atoms with Crippen LogP contribution in [0.15, 0.2) is 239 Å². The summed E-state index contributed by atoms with van der Waals surface area (Å²) < 4.78 is 16.2. The van der Waals surface area contributed by atoms with Gasteiger partial charge in [0.25, 0.3) is 0 Å². The first-order valence-corrected chi connectivity index (χ1v) is 23.2. The highest BCUT2D eigenvalue weighted by Gasteiger charge is 2.24. The van der Waals surface area contributed by atoms with Crippen molar-refractivity contribution in [2.45, 2.75) is 0 Å². The molecule has 0 aliphatic rings. The van der Waals surface area contributed by atoms with Crippen molar-refractivity contribution in [1.29, 1.82) is 0 Å². The number of rotatable bonds is 7. The minimum Gasteiger partial charge on any atom is -0.456 e. The first-order valence-electron chi connectivity index (χ1n) is 23.2. The highest BCUT2D eigenvalue weighted by Crippen LogP contribution is 2.46. The lowest BCUT2D eigenvalue weighted by molar-refractivity contribution is 0.668. The molecule has 0 spiro atoms. The molecular formula is C63H38N4O2. The van der Waals surface area contributed by atoms with Crippen LogP contribution in [0.2, 0.25) is 0 Å². The highest BCUT2D eigenvalue weighted by atomic mass is 16.3. The van der Waals surface area contributed by atoms with E-state index in [4.69, 9.17) is 23.8 Å². The fraction of sp³-hybridized carbons (Fsp3) is 0. The van der Waals surface area contributed by atoms with E-state index in [1.165, 1.54) is 21.9 Å². The molecule has 0 radical (unpaired) electrons. The average Bonchev–Trinajstić information content (AvgIpc) is 4.11. The predicted octanol–water partition coefficient (Wildman–Crippen LogP) is 16.8. The monoisotopic (exact) mass is 882 g/mol.